The quantitative estimate of drug-likeness (QED) is 0.759. The molecule has 0 fully saturated rings. The molecular formula is C18H18F6N2. The molecule has 0 spiro atoms. The number of benzene rings is 2. The predicted octanol–water partition coefficient (Wildman–Crippen LogP) is 5.03. The van der Waals surface area contributed by atoms with E-state index in [2.05, 4.69) is 0 Å². The van der Waals surface area contributed by atoms with Gasteiger partial charge in [-0.3, -0.25) is 0 Å². The molecule has 2 nitrogen and oxygen atoms in total. The molecule has 8 heteroatoms. The van der Waals surface area contributed by atoms with Crippen LogP contribution >= 0.6 is 0 Å². The van der Waals surface area contributed by atoms with Crippen molar-refractivity contribution in [1.82, 2.24) is 4.90 Å². The SMILES string of the molecule is CN(C)C(c1cccc(C(F)(F)F)c1)C(N)c1cccc(C(F)(F)F)c1. The fraction of sp³-hybridized carbons (Fsp3) is 0.333. The first kappa shape index (κ1) is 20.3. The highest BCUT2D eigenvalue weighted by Gasteiger charge is 2.34. The van der Waals surface area contributed by atoms with Crippen molar-refractivity contribution in [3.63, 3.8) is 0 Å². The second kappa shape index (κ2) is 7.28. The van der Waals surface area contributed by atoms with E-state index in [1.165, 1.54) is 24.3 Å². The van der Waals surface area contributed by atoms with Gasteiger partial charge in [0.1, 0.15) is 0 Å². The van der Waals surface area contributed by atoms with Gasteiger partial charge in [-0.15, -0.1) is 0 Å². The van der Waals surface area contributed by atoms with Crippen LogP contribution < -0.4 is 5.73 Å². The zero-order chi connectivity index (χ0) is 19.7. The maximum atomic E-state index is 13.0. The zero-order valence-corrected chi connectivity index (χ0v) is 14.1. The van der Waals surface area contributed by atoms with Crippen LogP contribution in [0.2, 0.25) is 0 Å². The molecule has 2 atom stereocenters. The number of hydrogen-bond acceptors (Lipinski definition) is 2. The molecule has 2 N–H and O–H groups in total. The normalized spacial score (nSPS) is 15.2. The summed E-state index contributed by atoms with van der Waals surface area (Å²) in [5.74, 6) is 0. The van der Waals surface area contributed by atoms with Gasteiger partial charge in [0.2, 0.25) is 0 Å². The van der Waals surface area contributed by atoms with Crippen molar-refractivity contribution in [2.45, 2.75) is 24.4 Å². The first-order chi connectivity index (χ1) is 11.9. The van der Waals surface area contributed by atoms with Gasteiger partial charge in [0.15, 0.2) is 0 Å². The highest BCUT2D eigenvalue weighted by molar-refractivity contribution is 5.34. The standard InChI is InChI=1S/C18H18F6N2/c1-26(2)16(12-6-4-8-14(10-12)18(22,23)24)15(25)11-5-3-7-13(9-11)17(19,20)21/h3-10,15-16H,25H2,1-2H3. The zero-order valence-electron chi connectivity index (χ0n) is 14.1. The minimum atomic E-state index is -4.53. The summed E-state index contributed by atoms with van der Waals surface area (Å²) in [4.78, 5) is 1.58. The van der Waals surface area contributed by atoms with E-state index in [0.29, 0.717) is 0 Å². The molecule has 0 bridgehead atoms. The summed E-state index contributed by atoms with van der Waals surface area (Å²) in [6, 6.07) is 7.47. The summed E-state index contributed by atoms with van der Waals surface area (Å²) in [6.45, 7) is 0. The lowest BCUT2D eigenvalue weighted by atomic mass is 9.91. The van der Waals surface area contributed by atoms with E-state index in [1.54, 1.807) is 19.0 Å². The molecule has 2 aromatic rings. The molecular weight excluding hydrogens is 358 g/mol. The maximum absolute atomic E-state index is 13.0. The highest BCUT2D eigenvalue weighted by atomic mass is 19.4. The molecule has 0 amide bonds. The fourth-order valence-corrected chi connectivity index (χ4v) is 2.83. The highest BCUT2D eigenvalue weighted by Crippen LogP contribution is 2.37. The number of hydrogen-bond donors (Lipinski definition) is 1. The molecule has 0 saturated heterocycles. The topological polar surface area (TPSA) is 29.3 Å². The van der Waals surface area contributed by atoms with Crippen molar-refractivity contribution in [3.05, 3.63) is 70.8 Å². The Balaban J connectivity index is 2.45. The van der Waals surface area contributed by atoms with Gasteiger partial charge in [-0.05, 0) is 49.5 Å². The third-order valence-corrected chi connectivity index (χ3v) is 4.05. The second-order valence-electron chi connectivity index (χ2n) is 6.18. The first-order valence-corrected chi connectivity index (χ1v) is 7.67. The number of nitrogens with zero attached hydrogens (tertiary/aromatic N) is 1. The summed E-state index contributed by atoms with van der Waals surface area (Å²) in [6.07, 6.45) is -9.05. The van der Waals surface area contributed by atoms with Gasteiger partial charge in [-0.1, -0.05) is 24.3 Å². The lowest BCUT2D eigenvalue weighted by molar-refractivity contribution is -0.138. The lowest BCUT2D eigenvalue weighted by Gasteiger charge is -2.31. The molecule has 2 rings (SSSR count). The van der Waals surface area contributed by atoms with Crippen LogP contribution in [0.4, 0.5) is 26.3 Å². The molecule has 0 aliphatic carbocycles. The van der Waals surface area contributed by atoms with Gasteiger partial charge in [0, 0.05) is 6.04 Å². The van der Waals surface area contributed by atoms with E-state index in [4.69, 9.17) is 5.73 Å². The average molecular weight is 376 g/mol. The number of nitrogens with two attached hydrogens (primary N) is 1. The molecule has 26 heavy (non-hydrogen) atoms. The molecule has 2 aromatic carbocycles. The summed E-state index contributed by atoms with van der Waals surface area (Å²) in [7, 11) is 3.22. The van der Waals surface area contributed by atoms with Gasteiger partial charge >= 0.3 is 12.4 Å². The van der Waals surface area contributed by atoms with Crippen LogP contribution in [-0.4, -0.2) is 19.0 Å². The Hall–Kier alpha value is -2.06. The van der Waals surface area contributed by atoms with Crippen LogP contribution in [0.25, 0.3) is 0 Å². The van der Waals surface area contributed by atoms with Crippen molar-refractivity contribution in [2.75, 3.05) is 14.1 Å². The predicted molar refractivity (Wildman–Crippen MR) is 86.2 cm³/mol. The Kier molecular flexibility index (Phi) is 5.67. The van der Waals surface area contributed by atoms with Gasteiger partial charge in [-0.2, -0.15) is 26.3 Å². The Bertz CT molecular complexity index is 752. The minimum Gasteiger partial charge on any atom is -0.322 e. The van der Waals surface area contributed by atoms with Crippen molar-refractivity contribution >= 4 is 0 Å². The molecule has 0 saturated carbocycles. The Morgan fingerprint density at radius 1 is 0.769 bits per heavy atom. The minimum absolute atomic E-state index is 0.191. The third-order valence-electron chi connectivity index (χ3n) is 4.05. The van der Waals surface area contributed by atoms with Gasteiger partial charge < -0.3 is 10.6 Å². The van der Waals surface area contributed by atoms with E-state index < -0.39 is 35.6 Å². The van der Waals surface area contributed by atoms with Crippen LogP contribution in [0.1, 0.15) is 34.3 Å². The summed E-state index contributed by atoms with van der Waals surface area (Å²) < 4.78 is 77.7. The Morgan fingerprint density at radius 3 is 1.62 bits per heavy atom. The Morgan fingerprint density at radius 2 is 1.19 bits per heavy atom. The summed E-state index contributed by atoms with van der Waals surface area (Å²) >= 11 is 0. The largest absolute Gasteiger partial charge is 0.416 e. The van der Waals surface area contributed by atoms with E-state index in [1.807, 2.05) is 0 Å². The van der Waals surface area contributed by atoms with Gasteiger partial charge in [0.25, 0.3) is 0 Å². The van der Waals surface area contributed by atoms with Crippen LogP contribution in [0.15, 0.2) is 48.5 Å². The Labute approximate surface area is 147 Å². The summed E-state index contributed by atoms with van der Waals surface area (Å²) in [5, 5.41) is 0. The molecule has 0 aromatic heterocycles. The molecule has 2 unspecified atom stereocenters. The molecule has 0 heterocycles. The number of rotatable bonds is 4. The van der Waals surface area contributed by atoms with E-state index in [0.717, 1.165) is 24.3 Å². The smallest absolute Gasteiger partial charge is 0.322 e. The van der Waals surface area contributed by atoms with E-state index >= 15 is 0 Å². The first-order valence-electron chi connectivity index (χ1n) is 7.67. The molecule has 0 radical (unpaired) electrons. The van der Waals surface area contributed by atoms with Crippen LogP contribution in [-0.2, 0) is 12.4 Å². The van der Waals surface area contributed by atoms with Gasteiger partial charge in [-0.25, -0.2) is 0 Å². The monoisotopic (exact) mass is 376 g/mol. The van der Waals surface area contributed by atoms with Crippen molar-refractivity contribution in [3.8, 4) is 0 Å². The van der Waals surface area contributed by atoms with Crippen LogP contribution in [0.5, 0.6) is 0 Å². The number of likely N-dealkylation sites (N-methyl/N-ethyl adjacent to an activating group) is 1. The lowest BCUT2D eigenvalue weighted by Crippen LogP contribution is -2.31. The maximum Gasteiger partial charge on any atom is 0.416 e. The van der Waals surface area contributed by atoms with Gasteiger partial charge in [0.05, 0.1) is 17.2 Å². The molecule has 142 valence electrons. The number of halogens is 6. The molecule has 0 aliphatic heterocycles. The van der Waals surface area contributed by atoms with Crippen molar-refractivity contribution in [2.24, 2.45) is 5.73 Å². The number of alkyl halides is 6. The van der Waals surface area contributed by atoms with Crippen LogP contribution in [0.3, 0.4) is 0 Å². The third kappa shape index (κ3) is 4.56. The van der Waals surface area contributed by atoms with E-state index in [-0.39, 0.29) is 11.1 Å². The van der Waals surface area contributed by atoms with Crippen LogP contribution in [0, 0.1) is 0 Å². The second-order valence-corrected chi connectivity index (χ2v) is 6.18. The van der Waals surface area contributed by atoms with Crippen molar-refractivity contribution < 1.29 is 26.3 Å². The average Bonchev–Trinajstić information content (AvgIpc) is 2.53. The van der Waals surface area contributed by atoms with E-state index in [9.17, 15) is 26.3 Å². The molecule has 0 aliphatic rings. The summed E-state index contributed by atoms with van der Waals surface area (Å²) in [5.41, 5.74) is 4.93. The fourth-order valence-electron chi connectivity index (χ4n) is 2.83. The van der Waals surface area contributed by atoms with Crippen molar-refractivity contribution in [1.29, 1.82) is 0 Å².